The van der Waals surface area contributed by atoms with Gasteiger partial charge in [-0.15, -0.1) is 0 Å². The molecule has 2 N–H and O–H groups in total. The van der Waals surface area contributed by atoms with Gasteiger partial charge in [0.15, 0.2) is 0 Å². The number of nitrogen functional groups attached to an aromatic ring is 1. The molecule has 0 radical (unpaired) electrons. The van der Waals surface area contributed by atoms with Gasteiger partial charge in [0.25, 0.3) is 0 Å². The molecule has 3 heteroatoms. The van der Waals surface area contributed by atoms with Crippen LogP contribution in [0.25, 0.3) is 11.1 Å². The Bertz CT molecular complexity index is 411. The van der Waals surface area contributed by atoms with Gasteiger partial charge in [-0.25, -0.2) is 0 Å². The summed E-state index contributed by atoms with van der Waals surface area (Å²) in [5, 5.41) is 0. The van der Waals surface area contributed by atoms with Gasteiger partial charge in [-0.05, 0) is 39.7 Å². The Morgan fingerprint density at radius 3 is 2.64 bits per heavy atom. The van der Waals surface area contributed by atoms with Crippen LogP contribution in [-0.2, 0) is 0 Å². The van der Waals surface area contributed by atoms with Crippen LogP contribution in [0.15, 0.2) is 47.2 Å². The molecule has 0 bridgehead atoms. The summed E-state index contributed by atoms with van der Waals surface area (Å²) in [6, 6.07) is 9.77. The highest BCUT2D eigenvalue weighted by molar-refractivity contribution is 9.10. The zero-order valence-corrected chi connectivity index (χ0v) is 9.03. The molecule has 2 rings (SSSR count). The van der Waals surface area contributed by atoms with Crippen molar-refractivity contribution in [1.29, 1.82) is 0 Å². The molecule has 0 aliphatic rings. The number of pyridine rings is 1. The van der Waals surface area contributed by atoms with Gasteiger partial charge in [0, 0.05) is 28.1 Å². The van der Waals surface area contributed by atoms with E-state index in [2.05, 4.69) is 20.9 Å². The first-order valence-electron chi connectivity index (χ1n) is 4.22. The third-order valence-electron chi connectivity index (χ3n) is 1.92. The molecular formula is C11H9BrN2. The molecule has 0 saturated heterocycles. The maximum absolute atomic E-state index is 5.70. The van der Waals surface area contributed by atoms with Gasteiger partial charge in [0.05, 0.1) is 0 Å². The Kier molecular flexibility index (Phi) is 2.50. The predicted molar refractivity (Wildman–Crippen MR) is 61.8 cm³/mol. The van der Waals surface area contributed by atoms with Crippen molar-refractivity contribution in [1.82, 2.24) is 4.98 Å². The summed E-state index contributed by atoms with van der Waals surface area (Å²) in [6.07, 6.45) is 3.58. The minimum absolute atomic E-state index is 0.766. The van der Waals surface area contributed by atoms with Gasteiger partial charge in [-0.3, -0.25) is 4.98 Å². The van der Waals surface area contributed by atoms with E-state index in [4.69, 9.17) is 5.73 Å². The monoisotopic (exact) mass is 248 g/mol. The molecule has 0 spiro atoms. The molecule has 0 saturated carbocycles. The second-order valence-electron chi connectivity index (χ2n) is 3.02. The van der Waals surface area contributed by atoms with Crippen LogP contribution >= 0.6 is 15.9 Å². The Hall–Kier alpha value is -1.35. The minimum atomic E-state index is 0.766. The molecular weight excluding hydrogens is 240 g/mol. The van der Waals surface area contributed by atoms with Crippen LogP contribution in [0, 0.1) is 0 Å². The lowest BCUT2D eigenvalue weighted by Gasteiger charge is -2.02. The number of anilines is 1. The van der Waals surface area contributed by atoms with Crippen molar-refractivity contribution in [3.63, 3.8) is 0 Å². The summed E-state index contributed by atoms with van der Waals surface area (Å²) in [7, 11) is 0. The van der Waals surface area contributed by atoms with Crippen LogP contribution in [0.4, 0.5) is 5.69 Å². The van der Waals surface area contributed by atoms with Gasteiger partial charge in [-0.1, -0.05) is 12.1 Å². The Labute approximate surface area is 90.9 Å². The minimum Gasteiger partial charge on any atom is -0.399 e. The number of hydrogen-bond acceptors (Lipinski definition) is 2. The zero-order valence-electron chi connectivity index (χ0n) is 7.44. The molecule has 0 aliphatic carbocycles. The highest BCUT2D eigenvalue weighted by atomic mass is 79.9. The lowest BCUT2D eigenvalue weighted by molar-refractivity contribution is 1.31. The fourth-order valence-corrected chi connectivity index (χ4v) is 1.65. The number of nitrogens with two attached hydrogens (primary N) is 1. The van der Waals surface area contributed by atoms with Gasteiger partial charge in [0.2, 0.25) is 0 Å². The van der Waals surface area contributed by atoms with E-state index in [9.17, 15) is 0 Å². The van der Waals surface area contributed by atoms with Crippen molar-refractivity contribution < 1.29 is 0 Å². The topological polar surface area (TPSA) is 38.9 Å². The molecule has 14 heavy (non-hydrogen) atoms. The smallest absolute Gasteiger partial charge is 0.0410 e. The Morgan fingerprint density at radius 2 is 1.93 bits per heavy atom. The summed E-state index contributed by atoms with van der Waals surface area (Å²) < 4.78 is 0.970. The predicted octanol–water partition coefficient (Wildman–Crippen LogP) is 3.09. The van der Waals surface area contributed by atoms with Crippen molar-refractivity contribution in [3.8, 4) is 11.1 Å². The molecule has 1 heterocycles. The molecule has 70 valence electrons. The normalized spacial score (nSPS) is 10.1. The van der Waals surface area contributed by atoms with E-state index in [-0.39, 0.29) is 0 Å². The van der Waals surface area contributed by atoms with Gasteiger partial charge in [-0.2, -0.15) is 0 Å². The number of halogens is 1. The zero-order chi connectivity index (χ0) is 9.97. The summed E-state index contributed by atoms with van der Waals surface area (Å²) in [4.78, 5) is 4.10. The van der Waals surface area contributed by atoms with E-state index < -0.39 is 0 Å². The van der Waals surface area contributed by atoms with Crippen molar-refractivity contribution in [3.05, 3.63) is 47.2 Å². The lowest BCUT2D eigenvalue weighted by atomic mass is 10.1. The molecule has 2 aromatic rings. The molecule has 1 aromatic heterocycles. The standard InChI is InChI=1S/C11H9BrN2/c12-10-4-9(6-14-7-10)8-2-1-3-11(13)5-8/h1-7H,13H2. The first kappa shape index (κ1) is 9.21. The highest BCUT2D eigenvalue weighted by Crippen LogP contribution is 2.22. The molecule has 0 unspecified atom stereocenters. The van der Waals surface area contributed by atoms with E-state index in [0.29, 0.717) is 0 Å². The maximum atomic E-state index is 5.70. The van der Waals surface area contributed by atoms with Gasteiger partial charge in [0.1, 0.15) is 0 Å². The summed E-state index contributed by atoms with van der Waals surface area (Å²) in [5.74, 6) is 0. The number of aromatic nitrogens is 1. The maximum Gasteiger partial charge on any atom is 0.0410 e. The van der Waals surface area contributed by atoms with Crippen LogP contribution in [-0.4, -0.2) is 4.98 Å². The fraction of sp³-hybridized carbons (Fsp3) is 0. The van der Waals surface area contributed by atoms with Crippen LogP contribution in [0.1, 0.15) is 0 Å². The third-order valence-corrected chi connectivity index (χ3v) is 2.36. The summed E-state index contributed by atoms with van der Waals surface area (Å²) in [5.41, 5.74) is 8.61. The number of rotatable bonds is 1. The third kappa shape index (κ3) is 1.93. The SMILES string of the molecule is Nc1cccc(-c2cncc(Br)c2)c1. The lowest BCUT2D eigenvalue weighted by Crippen LogP contribution is -1.85. The van der Waals surface area contributed by atoms with E-state index in [1.165, 1.54) is 0 Å². The van der Waals surface area contributed by atoms with Gasteiger partial charge >= 0.3 is 0 Å². The Morgan fingerprint density at radius 1 is 1.07 bits per heavy atom. The quantitative estimate of drug-likeness (QED) is 0.788. The first-order valence-corrected chi connectivity index (χ1v) is 5.01. The van der Waals surface area contributed by atoms with Crippen molar-refractivity contribution in [2.75, 3.05) is 5.73 Å². The molecule has 0 aliphatic heterocycles. The summed E-state index contributed by atoms with van der Waals surface area (Å²) in [6.45, 7) is 0. The molecule has 0 atom stereocenters. The largest absolute Gasteiger partial charge is 0.399 e. The molecule has 0 amide bonds. The molecule has 1 aromatic carbocycles. The van der Waals surface area contributed by atoms with Crippen LogP contribution in [0.3, 0.4) is 0 Å². The number of hydrogen-bond donors (Lipinski definition) is 1. The van der Waals surface area contributed by atoms with Gasteiger partial charge < -0.3 is 5.73 Å². The van der Waals surface area contributed by atoms with Crippen LogP contribution in [0.5, 0.6) is 0 Å². The van der Waals surface area contributed by atoms with E-state index in [1.54, 1.807) is 6.20 Å². The van der Waals surface area contributed by atoms with Crippen LogP contribution < -0.4 is 5.73 Å². The second-order valence-corrected chi connectivity index (χ2v) is 3.93. The fourth-order valence-electron chi connectivity index (χ4n) is 1.29. The average Bonchev–Trinajstić information content (AvgIpc) is 2.18. The van der Waals surface area contributed by atoms with E-state index in [0.717, 1.165) is 21.3 Å². The Balaban J connectivity index is 2.49. The van der Waals surface area contributed by atoms with E-state index >= 15 is 0 Å². The molecule has 2 nitrogen and oxygen atoms in total. The second kappa shape index (κ2) is 3.80. The van der Waals surface area contributed by atoms with Crippen molar-refractivity contribution in [2.24, 2.45) is 0 Å². The first-order chi connectivity index (χ1) is 6.75. The number of nitrogens with zero attached hydrogens (tertiary/aromatic N) is 1. The molecule has 0 fully saturated rings. The highest BCUT2D eigenvalue weighted by Gasteiger charge is 1.98. The van der Waals surface area contributed by atoms with Crippen LogP contribution in [0.2, 0.25) is 0 Å². The number of benzene rings is 1. The van der Waals surface area contributed by atoms with Crippen molar-refractivity contribution >= 4 is 21.6 Å². The van der Waals surface area contributed by atoms with E-state index in [1.807, 2.05) is 36.5 Å². The van der Waals surface area contributed by atoms with Crippen molar-refractivity contribution in [2.45, 2.75) is 0 Å². The summed E-state index contributed by atoms with van der Waals surface area (Å²) >= 11 is 3.38. The average molecular weight is 249 g/mol.